The summed E-state index contributed by atoms with van der Waals surface area (Å²) in [5.74, 6) is 0.869. The maximum Gasteiger partial charge on any atom is 0.243 e. The van der Waals surface area contributed by atoms with Gasteiger partial charge in [-0.15, -0.1) is 12.4 Å². The first kappa shape index (κ1) is 21.5. The molecule has 2 rings (SSSR count). The van der Waals surface area contributed by atoms with Crippen LogP contribution < -0.4 is 16.2 Å². The summed E-state index contributed by atoms with van der Waals surface area (Å²) < 4.78 is 5.77. The quantitative estimate of drug-likeness (QED) is 0.773. The van der Waals surface area contributed by atoms with E-state index in [0.717, 1.165) is 11.1 Å². The Morgan fingerprint density at radius 3 is 1.96 bits per heavy atom. The number of hydrogen-bond acceptors (Lipinski definition) is 4. The van der Waals surface area contributed by atoms with Crippen LogP contribution in [0.5, 0.6) is 11.5 Å². The predicted octanol–water partition coefficient (Wildman–Crippen LogP) is 2.41. The highest BCUT2D eigenvalue weighted by Gasteiger charge is 2.17. The van der Waals surface area contributed by atoms with Crippen molar-refractivity contribution in [1.29, 1.82) is 0 Å². The minimum Gasteiger partial charge on any atom is -0.457 e. The Labute approximate surface area is 159 Å². The molecule has 140 valence electrons. The van der Waals surface area contributed by atoms with E-state index in [1.54, 1.807) is 38.4 Å². The third-order valence-electron chi connectivity index (χ3n) is 3.77. The van der Waals surface area contributed by atoms with Crippen molar-refractivity contribution in [2.24, 2.45) is 11.5 Å². The van der Waals surface area contributed by atoms with Gasteiger partial charge in [-0.1, -0.05) is 24.3 Å². The molecule has 0 fully saturated rings. The Hall–Kier alpha value is -2.57. The first-order valence-corrected chi connectivity index (χ1v) is 7.98. The van der Waals surface area contributed by atoms with E-state index in [1.807, 2.05) is 24.3 Å². The van der Waals surface area contributed by atoms with Gasteiger partial charge in [0.25, 0.3) is 0 Å². The van der Waals surface area contributed by atoms with Crippen LogP contribution in [0.1, 0.15) is 23.6 Å². The zero-order chi connectivity index (χ0) is 18.4. The van der Waals surface area contributed by atoms with E-state index in [-0.39, 0.29) is 24.2 Å². The van der Waals surface area contributed by atoms with Gasteiger partial charge >= 0.3 is 0 Å². The van der Waals surface area contributed by atoms with Gasteiger partial charge in [0.15, 0.2) is 0 Å². The highest BCUT2D eigenvalue weighted by atomic mass is 35.5. The Morgan fingerprint density at radius 1 is 1.00 bits per heavy atom. The highest BCUT2D eigenvalue weighted by Crippen LogP contribution is 2.24. The summed E-state index contributed by atoms with van der Waals surface area (Å²) in [7, 11) is 3.35. The van der Waals surface area contributed by atoms with Gasteiger partial charge in [0.1, 0.15) is 17.5 Å². The Kier molecular flexibility index (Phi) is 8.09. The molecule has 1 unspecified atom stereocenters. The molecule has 0 spiro atoms. The molecule has 0 radical (unpaired) electrons. The van der Waals surface area contributed by atoms with Crippen LogP contribution in [0.4, 0.5) is 0 Å². The number of benzene rings is 2. The topological polar surface area (TPSA) is 98.7 Å². The van der Waals surface area contributed by atoms with Crippen molar-refractivity contribution in [1.82, 2.24) is 4.90 Å². The Bertz CT molecular complexity index is 731. The molecule has 6 nitrogen and oxygen atoms in total. The second kappa shape index (κ2) is 9.79. The summed E-state index contributed by atoms with van der Waals surface area (Å²) in [4.78, 5) is 24.2. The molecule has 2 aromatic rings. The molecular formula is C19H24ClN3O3. The van der Waals surface area contributed by atoms with Crippen molar-refractivity contribution in [3.8, 4) is 11.5 Å². The van der Waals surface area contributed by atoms with Crippen LogP contribution in [0.3, 0.4) is 0 Å². The number of nitrogens with zero attached hydrogens (tertiary/aromatic N) is 1. The number of carbonyl (C=O) groups is 2. The normalized spacial score (nSPS) is 11.2. The SMILES string of the molecule is CN(C)C(=O)C(N)c1ccc(Oc2ccc(CCC(N)=O)cc2)cc1.Cl. The molecule has 0 heterocycles. The second-order valence-electron chi connectivity index (χ2n) is 5.99. The van der Waals surface area contributed by atoms with E-state index < -0.39 is 6.04 Å². The number of halogens is 1. The molecule has 26 heavy (non-hydrogen) atoms. The van der Waals surface area contributed by atoms with Crippen LogP contribution in [0, 0.1) is 0 Å². The lowest BCUT2D eigenvalue weighted by Crippen LogP contribution is -2.33. The van der Waals surface area contributed by atoms with Crippen molar-refractivity contribution in [2.75, 3.05) is 14.1 Å². The Morgan fingerprint density at radius 2 is 1.50 bits per heavy atom. The minimum absolute atomic E-state index is 0. The number of nitrogens with two attached hydrogens (primary N) is 2. The number of carbonyl (C=O) groups excluding carboxylic acids is 2. The minimum atomic E-state index is -0.686. The molecule has 0 aliphatic carbocycles. The van der Waals surface area contributed by atoms with Gasteiger partial charge < -0.3 is 21.1 Å². The highest BCUT2D eigenvalue weighted by molar-refractivity contribution is 5.85. The van der Waals surface area contributed by atoms with E-state index in [0.29, 0.717) is 24.3 Å². The van der Waals surface area contributed by atoms with Crippen LogP contribution >= 0.6 is 12.4 Å². The van der Waals surface area contributed by atoms with Crippen LogP contribution in [-0.4, -0.2) is 30.8 Å². The van der Waals surface area contributed by atoms with Gasteiger partial charge in [-0.2, -0.15) is 0 Å². The van der Waals surface area contributed by atoms with Crippen molar-refractivity contribution < 1.29 is 14.3 Å². The molecular weight excluding hydrogens is 354 g/mol. The van der Waals surface area contributed by atoms with E-state index in [9.17, 15) is 9.59 Å². The summed E-state index contributed by atoms with van der Waals surface area (Å²) in [6.07, 6.45) is 0.940. The monoisotopic (exact) mass is 377 g/mol. The Balaban J connectivity index is 0.00000338. The fraction of sp³-hybridized carbons (Fsp3) is 0.263. The maximum absolute atomic E-state index is 11.9. The molecule has 1 atom stereocenters. The third kappa shape index (κ3) is 6.06. The summed E-state index contributed by atoms with van der Waals surface area (Å²) >= 11 is 0. The van der Waals surface area contributed by atoms with Gasteiger partial charge in [0.05, 0.1) is 0 Å². The van der Waals surface area contributed by atoms with Crippen LogP contribution in [0.15, 0.2) is 48.5 Å². The van der Waals surface area contributed by atoms with Crippen molar-refractivity contribution in [3.05, 3.63) is 59.7 Å². The number of primary amides is 1. The van der Waals surface area contributed by atoms with E-state index in [4.69, 9.17) is 16.2 Å². The fourth-order valence-corrected chi connectivity index (χ4v) is 2.29. The van der Waals surface area contributed by atoms with Gasteiger partial charge in [-0.05, 0) is 41.8 Å². The fourth-order valence-electron chi connectivity index (χ4n) is 2.29. The molecule has 0 aliphatic heterocycles. The summed E-state index contributed by atoms with van der Waals surface area (Å²) in [6, 6.07) is 13.9. The lowest BCUT2D eigenvalue weighted by molar-refractivity contribution is -0.130. The molecule has 0 bridgehead atoms. The van der Waals surface area contributed by atoms with Crippen molar-refractivity contribution in [2.45, 2.75) is 18.9 Å². The van der Waals surface area contributed by atoms with Crippen molar-refractivity contribution in [3.63, 3.8) is 0 Å². The number of likely N-dealkylation sites (N-methyl/N-ethyl adjacent to an activating group) is 1. The molecule has 0 aromatic heterocycles. The van der Waals surface area contributed by atoms with Crippen molar-refractivity contribution >= 4 is 24.2 Å². The van der Waals surface area contributed by atoms with Gasteiger partial charge in [0.2, 0.25) is 11.8 Å². The largest absolute Gasteiger partial charge is 0.457 e. The first-order valence-electron chi connectivity index (χ1n) is 7.98. The number of rotatable bonds is 7. The first-order chi connectivity index (χ1) is 11.9. The molecule has 0 saturated carbocycles. The summed E-state index contributed by atoms with van der Waals surface area (Å²) in [5.41, 5.74) is 12.8. The van der Waals surface area contributed by atoms with Crippen LogP contribution in [-0.2, 0) is 16.0 Å². The number of amides is 2. The van der Waals surface area contributed by atoms with Gasteiger partial charge in [-0.3, -0.25) is 9.59 Å². The summed E-state index contributed by atoms with van der Waals surface area (Å²) in [6.45, 7) is 0. The molecule has 4 N–H and O–H groups in total. The van der Waals surface area contributed by atoms with E-state index in [1.165, 1.54) is 4.90 Å². The van der Waals surface area contributed by atoms with E-state index >= 15 is 0 Å². The smallest absolute Gasteiger partial charge is 0.243 e. The predicted molar refractivity (Wildman–Crippen MR) is 103 cm³/mol. The van der Waals surface area contributed by atoms with E-state index in [2.05, 4.69) is 0 Å². The third-order valence-corrected chi connectivity index (χ3v) is 3.77. The average molecular weight is 378 g/mol. The lowest BCUT2D eigenvalue weighted by Gasteiger charge is -2.17. The zero-order valence-electron chi connectivity index (χ0n) is 14.8. The second-order valence-corrected chi connectivity index (χ2v) is 5.99. The number of hydrogen-bond donors (Lipinski definition) is 2. The molecule has 2 amide bonds. The van der Waals surface area contributed by atoms with Crippen LogP contribution in [0.25, 0.3) is 0 Å². The molecule has 7 heteroatoms. The van der Waals surface area contributed by atoms with Gasteiger partial charge in [0, 0.05) is 20.5 Å². The van der Waals surface area contributed by atoms with Gasteiger partial charge in [-0.25, -0.2) is 0 Å². The number of ether oxygens (including phenoxy) is 1. The molecule has 2 aromatic carbocycles. The maximum atomic E-state index is 11.9. The molecule has 0 saturated heterocycles. The lowest BCUT2D eigenvalue weighted by atomic mass is 10.1. The standard InChI is InChI=1S/C19H23N3O3.ClH/c1-22(2)19(24)18(21)14-6-10-16(11-7-14)25-15-8-3-13(4-9-15)5-12-17(20)23;/h3-4,6-11,18H,5,12,21H2,1-2H3,(H2,20,23);1H. The average Bonchev–Trinajstić information content (AvgIpc) is 2.60. The van der Waals surface area contributed by atoms with Crippen LogP contribution in [0.2, 0.25) is 0 Å². The zero-order valence-corrected chi connectivity index (χ0v) is 15.7. The number of aryl methyl sites for hydroxylation is 1. The summed E-state index contributed by atoms with van der Waals surface area (Å²) in [5, 5.41) is 0. The molecule has 0 aliphatic rings.